The molecule has 0 bridgehead atoms. The maximum Gasteiger partial charge on any atom is 0.303 e. The number of rotatable bonds is 6. The average Bonchev–Trinajstić information content (AvgIpc) is 2.72. The van der Waals surface area contributed by atoms with Crippen LogP contribution in [-0.2, 0) is 14.4 Å². The molecule has 0 radical (unpaired) electrons. The molecule has 1 amide bonds. The average molecular weight is 338 g/mol. The third-order valence-corrected chi connectivity index (χ3v) is 3.91. The quantitative estimate of drug-likeness (QED) is 0.831. The van der Waals surface area contributed by atoms with Gasteiger partial charge in [-0.3, -0.25) is 14.4 Å². The highest BCUT2D eigenvalue weighted by Crippen LogP contribution is 2.38. The Hall–Kier alpha value is -2.34. The predicted molar refractivity (Wildman–Crippen MR) is 83.1 cm³/mol. The number of carboxylic acid groups (broad SMARTS) is 1. The lowest BCUT2D eigenvalue weighted by Crippen LogP contribution is -2.32. The highest BCUT2D eigenvalue weighted by Gasteiger charge is 2.41. The Labute approximate surface area is 138 Å². The molecule has 0 fully saturated rings. The Morgan fingerprint density at radius 3 is 2.39 bits per heavy atom. The number of aliphatic hydroxyl groups is 1. The number of halogens is 1. The summed E-state index contributed by atoms with van der Waals surface area (Å²) in [5.41, 5.74) is 0.653. The SMILES string of the molecule is CC(=O)C1=C(O)C(=O)N(CCCC(=O)O)[C@@H]1c1ccc(Cl)cc1. The molecule has 0 aliphatic carbocycles. The van der Waals surface area contributed by atoms with Crippen LogP contribution in [0.2, 0.25) is 5.02 Å². The number of nitrogens with zero attached hydrogens (tertiary/aromatic N) is 1. The van der Waals surface area contributed by atoms with Crippen LogP contribution in [0.15, 0.2) is 35.6 Å². The van der Waals surface area contributed by atoms with Crippen molar-refractivity contribution >= 4 is 29.3 Å². The van der Waals surface area contributed by atoms with Gasteiger partial charge in [-0.25, -0.2) is 0 Å². The minimum absolute atomic E-state index is 0.0210. The van der Waals surface area contributed by atoms with E-state index < -0.39 is 29.5 Å². The second-order valence-corrected chi connectivity index (χ2v) is 5.70. The molecule has 0 saturated heterocycles. The van der Waals surface area contributed by atoms with E-state index >= 15 is 0 Å². The van der Waals surface area contributed by atoms with Gasteiger partial charge in [-0.2, -0.15) is 0 Å². The van der Waals surface area contributed by atoms with Crippen LogP contribution in [-0.4, -0.2) is 39.3 Å². The summed E-state index contributed by atoms with van der Waals surface area (Å²) >= 11 is 5.86. The van der Waals surface area contributed by atoms with E-state index in [2.05, 4.69) is 0 Å². The number of hydrogen-bond donors (Lipinski definition) is 2. The molecule has 1 aliphatic heterocycles. The van der Waals surface area contributed by atoms with Crippen LogP contribution >= 0.6 is 11.6 Å². The Morgan fingerprint density at radius 1 is 1.26 bits per heavy atom. The summed E-state index contributed by atoms with van der Waals surface area (Å²) in [6.07, 6.45) is 0.122. The summed E-state index contributed by atoms with van der Waals surface area (Å²) in [7, 11) is 0. The Bertz CT molecular complexity index is 680. The number of carboxylic acids is 1. The van der Waals surface area contributed by atoms with E-state index in [1.165, 1.54) is 11.8 Å². The van der Waals surface area contributed by atoms with Crippen molar-refractivity contribution in [2.45, 2.75) is 25.8 Å². The van der Waals surface area contributed by atoms with Crippen molar-refractivity contribution in [1.29, 1.82) is 0 Å². The highest BCUT2D eigenvalue weighted by atomic mass is 35.5. The smallest absolute Gasteiger partial charge is 0.303 e. The van der Waals surface area contributed by atoms with Crippen molar-refractivity contribution in [2.24, 2.45) is 0 Å². The van der Waals surface area contributed by atoms with Crippen LogP contribution in [0, 0.1) is 0 Å². The van der Waals surface area contributed by atoms with Crippen molar-refractivity contribution in [2.75, 3.05) is 6.54 Å². The van der Waals surface area contributed by atoms with Gasteiger partial charge in [-0.1, -0.05) is 23.7 Å². The zero-order valence-corrected chi connectivity index (χ0v) is 13.2. The maximum absolute atomic E-state index is 12.2. The zero-order valence-electron chi connectivity index (χ0n) is 12.5. The minimum Gasteiger partial charge on any atom is -0.503 e. The Morgan fingerprint density at radius 2 is 1.87 bits per heavy atom. The summed E-state index contributed by atoms with van der Waals surface area (Å²) in [5.74, 6) is -2.62. The zero-order chi connectivity index (χ0) is 17.1. The number of hydrogen-bond acceptors (Lipinski definition) is 4. The molecule has 7 heteroatoms. The van der Waals surface area contributed by atoms with Crippen LogP contribution in [0.3, 0.4) is 0 Å². The molecule has 1 aromatic rings. The fraction of sp³-hybridized carbons (Fsp3) is 0.312. The Kier molecular flexibility index (Phi) is 5.05. The van der Waals surface area contributed by atoms with Crippen molar-refractivity contribution in [3.05, 3.63) is 46.2 Å². The highest BCUT2D eigenvalue weighted by molar-refractivity contribution is 6.30. The molecule has 0 aromatic heterocycles. The molecule has 122 valence electrons. The minimum atomic E-state index is -0.969. The van der Waals surface area contributed by atoms with E-state index in [1.54, 1.807) is 24.3 Å². The van der Waals surface area contributed by atoms with Gasteiger partial charge in [0.25, 0.3) is 5.91 Å². The number of ketones is 1. The van der Waals surface area contributed by atoms with E-state index in [0.717, 1.165) is 0 Å². The third-order valence-electron chi connectivity index (χ3n) is 3.66. The second-order valence-electron chi connectivity index (χ2n) is 5.27. The van der Waals surface area contributed by atoms with Gasteiger partial charge < -0.3 is 15.1 Å². The van der Waals surface area contributed by atoms with Gasteiger partial charge in [0.15, 0.2) is 11.5 Å². The number of Topliss-reactive ketones (excluding diaryl/α,β-unsaturated/α-hetero) is 1. The number of amides is 1. The predicted octanol–water partition coefficient (Wildman–Crippen LogP) is 2.49. The van der Waals surface area contributed by atoms with Crippen LogP contribution < -0.4 is 0 Å². The first-order chi connectivity index (χ1) is 10.8. The molecule has 1 heterocycles. The van der Waals surface area contributed by atoms with Gasteiger partial charge in [0, 0.05) is 18.0 Å². The van der Waals surface area contributed by atoms with Crippen molar-refractivity contribution in [3.8, 4) is 0 Å². The van der Waals surface area contributed by atoms with Crippen molar-refractivity contribution < 1.29 is 24.6 Å². The third kappa shape index (κ3) is 3.53. The normalized spacial score (nSPS) is 17.7. The topological polar surface area (TPSA) is 94.9 Å². The molecule has 23 heavy (non-hydrogen) atoms. The summed E-state index contributed by atoms with van der Waals surface area (Å²) in [6, 6.07) is 5.87. The van der Waals surface area contributed by atoms with Gasteiger partial charge in [0.1, 0.15) is 0 Å². The first-order valence-corrected chi connectivity index (χ1v) is 7.43. The molecule has 0 saturated carbocycles. The van der Waals surface area contributed by atoms with E-state index in [-0.39, 0.29) is 25.0 Å². The van der Waals surface area contributed by atoms with Gasteiger partial charge in [-0.05, 0) is 31.0 Å². The summed E-state index contributed by atoms with van der Waals surface area (Å²) in [6.45, 7) is 1.40. The summed E-state index contributed by atoms with van der Waals surface area (Å²) in [5, 5.41) is 19.3. The lowest BCUT2D eigenvalue weighted by Gasteiger charge is -2.26. The number of carbonyl (C=O) groups excluding carboxylic acids is 2. The number of aliphatic hydroxyl groups excluding tert-OH is 1. The first-order valence-electron chi connectivity index (χ1n) is 7.05. The summed E-state index contributed by atoms with van der Waals surface area (Å²) in [4.78, 5) is 36.1. The van der Waals surface area contributed by atoms with Crippen LogP contribution in [0.5, 0.6) is 0 Å². The number of benzene rings is 1. The molecular formula is C16H16ClNO5. The van der Waals surface area contributed by atoms with E-state index in [9.17, 15) is 19.5 Å². The van der Waals surface area contributed by atoms with Crippen LogP contribution in [0.4, 0.5) is 0 Å². The first kappa shape index (κ1) is 17.0. The molecule has 6 nitrogen and oxygen atoms in total. The van der Waals surface area contributed by atoms with Crippen molar-refractivity contribution in [3.63, 3.8) is 0 Å². The number of carbonyl (C=O) groups is 3. The van der Waals surface area contributed by atoms with Crippen LogP contribution in [0.1, 0.15) is 31.4 Å². The van der Waals surface area contributed by atoms with Gasteiger partial charge in [0.05, 0.1) is 11.6 Å². The van der Waals surface area contributed by atoms with E-state index in [1.807, 2.05) is 0 Å². The van der Waals surface area contributed by atoms with Gasteiger partial charge >= 0.3 is 5.97 Å². The van der Waals surface area contributed by atoms with Crippen molar-refractivity contribution in [1.82, 2.24) is 4.90 Å². The van der Waals surface area contributed by atoms with Gasteiger partial charge in [0.2, 0.25) is 0 Å². The lowest BCUT2D eigenvalue weighted by atomic mass is 9.96. The Balaban J connectivity index is 2.36. The van der Waals surface area contributed by atoms with Crippen LogP contribution in [0.25, 0.3) is 0 Å². The standard InChI is InChI=1S/C16H16ClNO5/c1-9(19)13-14(10-4-6-11(17)7-5-10)18(16(23)15(13)22)8-2-3-12(20)21/h4-7,14,22H,2-3,8H2,1H3,(H,20,21)/t14-/m1/s1. The van der Waals surface area contributed by atoms with E-state index in [0.29, 0.717) is 10.6 Å². The molecule has 2 N–H and O–H groups in total. The fourth-order valence-electron chi connectivity index (χ4n) is 2.64. The largest absolute Gasteiger partial charge is 0.503 e. The fourth-order valence-corrected chi connectivity index (χ4v) is 2.76. The molecule has 1 aliphatic rings. The number of aliphatic carboxylic acids is 1. The second kappa shape index (κ2) is 6.83. The molecular weight excluding hydrogens is 322 g/mol. The maximum atomic E-state index is 12.2. The molecule has 0 unspecified atom stereocenters. The summed E-state index contributed by atoms with van der Waals surface area (Å²) < 4.78 is 0. The monoisotopic (exact) mass is 337 g/mol. The molecule has 0 spiro atoms. The molecule has 1 atom stereocenters. The lowest BCUT2D eigenvalue weighted by molar-refractivity contribution is -0.138. The van der Waals surface area contributed by atoms with E-state index in [4.69, 9.17) is 16.7 Å². The molecule has 1 aromatic carbocycles. The molecule has 2 rings (SSSR count). The van der Waals surface area contributed by atoms with Gasteiger partial charge in [-0.15, -0.1) is 0 Å².